The van der Waals surface area contributed by atoms with E-state index in [1.807, 2.05) is 24.3 Å². The van der Waals surface area contributed by atoms with Gasteiger partial charge >= 0.3 is 0 Å². The van der Waals surface area contributed by atoms with Crippen molar-refractivity contribution in [3.05, 3.63) is 48.0 Å². The molecule has 0 bridgehead atoms. The molecule has 4 rings (SSSR count). The highest BCUT2D eigenvalue weighted by Gasteiger charge is 2.21. The van der Waals surface area contributed by atoms with Crippen molar-refractivity contribution in [2.75, 3.05) is 17.9 Å². The van der Waals surface area contributed by atoms with Gasteiger partial charge in [-0.1, -0.05) is 25.3 Å². The highest BCUT2D eigenvalue weighted by atomic mass is 32.2. The van der Waals surface area contributed by atoms with Gasteiger partial charge in [0.15, 0.2) is 17.3 Å². The molecule has 0 saturated heterocycles. The van der Waals surface area contributed by atoms with Crippen molar-refractivity contribution >= 4 is 29.1 Å². The quantitative estimate of drug-likeness (QED) is 0.554. The fraction of sp³-hybridized carbons (Fsp3) is 0.364. The molecule has 1 heterocycles. The normalized spacial score (nSPS) is 16.0. The first-order valence-corrected chi connectivity index (χ1v) is 10.6. The molecule has 1 saturated carbocycles. The molecule has 0 atom stereocenters. The van der Waals surface area contributed by atoms with Crippen molar-refractivity contribution in [1.82, 2.24) is 0 Å². The smallest absolute Gasteiger partial charge is 0.231 e. The van der Waals surface area contributed by atoms with Crippen LogP contribution in [0.4, 0.5) is 5.69 Å². The van der Waals surface area contributed by atoms with Crippen molar-refractivity contribution in [3.8, 4) is 11.5 Å². The van der Waals surface area contributed by atoms with Gasteiger partial charge in [-0.25, -0.2) is 0 Å². The van der Waals surface area contributed by atoms with Gasteiger partial charge in [0.05, 0.1) is 5.75 Å². The Balaban J connectivity index is 1.34. The van der Waals surface area contributed by atoms with Crippen LogP contribution in [0.15, 0.2) is 47.4 Å². The van der Waals surface area contributed by atoms with Crippen molar-refractivity contribution in [2.45, 2.75) is 37.0 Å². The molecule has 1 fully saturated rings. The predicted octanol–water partition coefficient (Wildman–Crippen LogP) is 4.91. The van der Waals surface area contributed by atoms with Gasteiger partial charge in [-0.15, -0.1) is 11.8 Å². The molecule has 1 amide bonds. The SMILES string of the molecule is O=C(CSc1cccc(NC(=O)C2CCCCC2)c1)c1ccc2c(c1)OCO2. The van der Waals surface area contributed by atoms with Crippen LogP contribution in [-0.4, -0.2) is 24.2 Å². The monoisotopic (exact) mass is 397 g/mol. The van der Waals surface area contributed by atoms with Crippen LogP contribution in [0.1, 0.15) is 42.5 Å². The number of thioether (sulfide) groups is 1. The molecular formula is C22H23NO4S. The average Bonchev–Trinajstić information content (AvgIpc) is 3.21. The van der Waals surface area contributed by atoms with Gasteiger partial charge in [-0.3, -0.25) is 9.59 Å². The van der Waals surface area contributed by atoms with E-state index in [4.69, 9.17) is 9.47 Å². The zero-order valence-corrected chi connectivity index (χ0v) is 16.4. The largest absolute Gasteiger partial charge is 0.454 e. The number of nitrogens with one attached hydrogen (secondary N) is 1. The lowest BCUT2D eigenvalue weighted by atomic mass is 9.88. The number of hydrogen-bond acceptors (Lipinski definition) is 5. The number of carbonyl (C=O) groups is 2. The summed E-state index contributed by atoms with van der Waals surface area (Å²) in [5.41, 5.74) is 1.40. The number of benzene rings is 2. The predicted molar refractivity (Wildman–Crippen MR) is 109 cm³/mol. The standard InChI is InChI=1S/C22H23NO4S/c24-19(16-9-10-20-21(11-16)27-14-26-20)13-28-18-8-4-7-17(12-18)23-22(25)15-5-2-1-3-6-15/h4,7-12,15H,1-3,5-6,13-14H2,(H,23,25). The minimum atomic E-state index is 0.0277. The summed E-state index contributed by atoms with van der Waals surface area (Å²) in [7, 11) is 0. The van der Waals surface area contributed by atoms with E-state index in [0.29, 0.717) is 22.8 Å². The summed E-state index contributed by atoms with van der Waals surface area (Å²) in [6.45, 7) is 0.196. The Kier molecular flexibility index (Phi) is 5.86. The zero-order valence-electron chi connectivity index (χ0n) is 15.6. The molecule has 0 spiro atoms. The lowest BCUT2D eigenvalue weighted by molar-refractivity contribution is -0.120. The van der Waals surface area contributed by atoms with Gasteiger partial charge < -0.3 is 14.8 Å². The summed E-state index contributed by atoms with van der Waals surface area (Å²) in [4.78, 5) is 25.9. The highest BCUT2D eigenvalue weighted by Crippen LogP contribution is 2.33. The first-order chi connectivity index (χ1) is 13.7. The van der Waals surface area contributed by atoms with Crippen LogP contribution in [-0.2, 0) is 4.79 Å². The van der Waals surface area contributed by atoms with Crippen LogP contribution in [0.3, 0.4) is 0 Å². The maximum absolute atomic E-state index is 12.5. The molecule has 1 aliphatic heterocycles. The van der Waals surface area contributed by atoms with Gasteiger partial charge in [0.25, 0.3) is 0 Å². The van der Waals surface area contributed by atoms with E-state index >= 15 is 0 Å². The Morgan fingerprint density at radius 1 is 1.00 bits per heavy atom. The Labute approximate surface area is 168 Å². The number of ketones is 1. The van der Waals surface area contributed by atoms with Crippen LogP contribution in [0.2, 0.25) is 0 Å². The molecule has 0 radical (unpaired) electrons. The van der Waals surface area contributed by atoms with Gasteiger partial charge in [0.1, 0.15) is 0 Å². The second-order valence-electron chi connectivity index (χ2n) is 7.13. The molecule has 28 heavy (non-hydrogen) atoms. The number of ether oxygens (including phenoxy) is 2. The summed E-state index contributed by atoms with van der Waals surface area (Å²) in [5, 5.41) is 3.03. The zero-order chi connectivity index (χ0) is 19.3. The second-order valence-corrected chi connectivity index (χ2v) is 8.18. The molecule has 1 aliphatic carbocycles. The molecule has 5 nitrogen and oxygen atoms in total. The maximum atomic E-state index is 12.5. The maximum Gasteiger partial charge on any atom is 0.231 e. The van der Waals surface area contributed by atoms with Crippen LogP contribution in [0, 0.1) is 5.92 Å². The van der Waals surface area contributed by atoms with Crippen LogP contribution < -0.4 is 14.8 Å². The first kappa shape index (κ1) is 18.9. The number of rotatable bonds is 6. The second kappa shape index (κ2) is 8.69. The van der Waals surface area contributed by atoms with Gasteiger partial charge in [-0.05, 0) is 49.2 Å². The minimum Gasteiger partial charge on any atom is -0.454 e. The Bertz CT molecular complexity index is 877. The van der Waals surface area contributed by atoms with E-state index in [0.717, 1.165) is 36.3 Å². The molecule has 0 unspecified atom stereocenters. The van der Waals surface area contributed by atoms with E-state index in [2.05, 4.69) is 5.32 Å². The molecule has 6 heteroatoms. The Morgan fingerprint density at radius 3 is 2.68 bits per heavy atom. The van der Waals surface area contributed by atoms with Crippen molar-refractivity contribution in [3.63, 3.8) is 0 Å². The van der Waals surface area contributed by atoms with E-state index in [1.165, 1.54) is 18.2 Å². The number of anilines is 1. The lowest BCUT2D eigenvalue weighted by Gasteiger charge is -2.20. The molecule has 2 aliphatic rings. The van der Waals surface area contributed by atoms with E-state index in [-0.39, 0.29) is 24.4 Å². The topological polar surface area (TPSA) is 64.6 Å². The fourth-order valence-electron chi connectivity index (χ4n) is 3.57. The van der Waals surface area contributed by atoms with Crippen LogP contribution >= 0.6 is 11.8 Å². The number of fused-ring (bicyclic) bond motifs is 1. The number of amides is 1. The highest BCUT2D eigenvalue weighted by molar-refractivity contribution is 8.00. The van der Waals surface area contributed by atoms with Crippen molar-refractivity contribution in [2.24, 2.45) is 5.92 Å². The van der Waals surface area contributed by atoms with E-state index in [1.54, 1.807) is 18.2 Å². The fourth-order valence-corrected chi connectivity index (χ4v) is 4.42. The third-order valence-electron chi connectivity index (χ3n) is 5.14. The Morgan fingerprint density at radius 2 is 1.82 bits per heavy atom. The third-order valence-corrected chi connectivity index (χ3v) is 6.14. The lowest BCUT2D eigenvalue weighted by Crippen LogP contribution is -2.24. The summed E-state index contributed by atoms with van der Waals surface area (Å²) >= 11 is 1.46. The number of hydrogen-bond donors (Lipinski definition) is 1. The Hall–Kier alpha value is -2.47. The number of Topliss-reactive ketones (excluding diaryl/α,β-unsaturated/α-hetero) is 1. The van der Waals surface area contributed by atoms with Crippen LogP contribution in [0.25, 0.3) is 0 Å². The molecule has 1 N–H and O–H groups in total. The average molecular weight is 397 g/mol. The van der Waals surface area contributed by atoms with Gasteiger partial charge in [0.2, 0.25) is 12.7 Å². The summed E-state index contributed by atoms with van der Waals surface area (Å²) in [5.74, 6) is 1.87. The molecule has 2 aromatic rings. The molecular weight excluding hydrogens is 374 g/mol. The molecule has 0 aromatic heterocycles. The molecule has 2 aromatic carbocycles. The minimum absolute atomic E-state index is 0.0277. The summed E-state index contributed by atoms with van der Waals surface area (Å²) in [6.07, 6.45) is 5.45. The number of carbonyl (C=O) groups excluding carboxylic acids is 2. The van der Waals surface area contributed by atoms with E-state index in [9.17, 15) is 9.59 Å². The van der Waals surface area contributed by atoms with Crippen LogP contribution in [0.5, 0.6) is 11.5 Å². The first-order valence-electron chi connectivity index (χ1n) is 9.65. The van der Waals surface area contributed by atoms with Gasteiger partial charge in [0, 0.05) is 22.1 Å². The molecule has 146 valence electrons. The third kappa shape index (κ3) is 4.50. The summed E-state index contributed by atoms with van der Waals surface area (Å²) in [6, 6.07) is 12.9. The van der Waals surface area contributed by atoms with E-state index < -0.39 is 0 Å². The van der Waals surface area contributed by atoms with Crippen molar-refractivity contribution in [1.29, 1.82) is 0 Å². The van der Waals surface area contributed by atoms with Crippen molar-refractivity contribution < 1.29 is 19.1 Å². The van der Waals surface area contributed by atoms with Gasteiger partial charge in [-0.2, -0.15) is 0 Å². The summed E-state index contributed by atoms with van der Waals surface area (Å²) < 4.78 is 10.6.